The molecule has 0 bridgehead atoms. The first kappa shape index (κ1) is 25.4. The molecule has 2 aromatic rings. The Morgan fingerprint density at radius 3 is 2.56 bits per heavy atom. The number of hydrogen-bond acceptors (Lipinski definition) is 6. The number of aryl methyl sites for hydroxylation is 1. The number of rotatable bonds is 11. The number of aromatic nitrogens is 4. The van der Waals surface area contributed by atoms with E-state index in [9.17, 15) is 14.4 Å². The number of H-pyrrole nitrogens is 1. The van der Waals surface area contributed by atoms with Gasteiger partial charge in [0.2, 0.25) is 5.91 Å². The van der Waals surface area contributed by atoms with Crippen LogP contribution in [0.1, 0.15) is 50.6 Å². The van der Waals surface area contributed by atoms with Crippen LogP contribution in [0.2, 0.25) is 0 Å². The van der Waals surface area contributed by atoms with Crippen molar-refractivity contribution in [2.45, 2.75) is 67.0 Å². The average molecular weight is 449 g/mol. The van der Waals surface area contributed by atoms with Crippen LogP contribution in [0, 0.1) is 19.8 Å². The van der Waals surface area contributed by atoms with E-state index in [0.29, 0.717) is 25.3 Å². The predicted octanol–water partition coefficient (Wildman–Crippen LogP) is 1.61. The Labute approximate surface area is 188 Å². The molecule has 10 heteroatoms. The normalized spacial score (nSPS) is 11.3. The van der Waals surface area contributed by atoms with Gasteiger partial charge in [0.1, 0.15) is 5.82 Å². The number of nitrogens with two attached hydrogens (primary N) is 1. The minimum absolute atomic E-state index is 0.0101. The molecular formula is C22H36N6O4. The second-order valence-electron chi connectivity index (χ2n) is 8.41. The second kappa shape index (κ2) is 11.1. The Morgan fingerprint density at radius 1 is 1.28 bits per heavy atom. The molecule has 0 aromatic carbocycles. The summed E-state index contributed by atoms with van der Waals surface area (Å²) in [4.78, 5) is 41.6. The minimum atomic E-state index is -0.679. The number of aromatic amines is 1. The van der Waals surface area contributed by atoms with E-state index in [1.807, 2.05) is 25.5 Å². The summed E-state index contributed by atoms with van der Waals surface area (Å²) in [6.07, 6.45) is 1.32. The van der Waals surface area contributed by atoms with E-state index in [4.69, 9.17) is 10.5 Å². The third kappa shape index (κ3) is 5.67. The number of anilines is 2. The molecule has 3 N–H and O–H groups in total. The largest absolute Gasteiger partial charge is 0.383 e. The minimum Gasteiger partial charge on any atom is -0.383 e. The Balaban J connectivity index is 2.35. The zero-order valence-corrected chi connectivity index (χ0v) is 20.0. The van der Waals surface area contributed by atoms with Crippen LogP contribution in [0.5, 0.6) is 0 Å². The van der Waals surface area contributed by atoms with Crippen LogP contribution in [0.4, 0.5) is 11.5 Å². The smallest absolute Gasteiger partial charge is 0.330 e. The number of ether oxygens (including phenoxy) is 1. The van der Waals surface area contributed by atoms with Crippen molar-refractivity contribution in [2.24, 2.45) is 5.92 Å². The monoisotopic (exact) mass is 448 g/mol. The number of carbonyl (C=O) groups excluding carboxylic acids is 1. The van der Waals surface area contributed by atoms with Gasteiger partial charge in [-0.05, 0) is 38.2 Å². The second-order valence-corrected chi connectivity index (χ2v) is 8.41. The van der Waals surface area contributed by atoms with Gasteiger partial charge in [0.15, 0.2) is 5.69 Å². The van der Waals surface area contributed by atoms with Crippen LogP contribution < -0.4 is 21.9 Å². The van der Waals surface area contributed by atoms with Gasteiger partial charge >= 0.3 is 5.69 Å². The lowest BCUT2D eigenvalue weighted by Gasteiger charge is -2.24. The zero-order valence-electron chi connectivity index (χ0n) is 20.0. The molecule has 0 unspecified atom stereocenters. The third-order valence-electron chi connectivity index (χ3n) is 5.41. The molecule has 178 valence electrons. The zero-order chi connectivity index (χ0) is 24.0. The first-order valence-corrected chi connectivity index (χ1v) is 11.1. The number of nitrogen functional groups attached to an aromatic ring is 1. The molecule has 2 rings (SSSR count). The molecule has 0 saturated heterocycles. The lowest BCUT2D eigenvalue weighted by atomic mass is 10.1. The van der Waals surface area contributed by atoms with Crippen molar-refractivity contribution >= 4 is 17.4 Å². The van der Waals surface area contributed by atoms with E-state index in [2.05, 4.69) is 23.9 Å². The number of hydrogen-bond donors (Lipinski definition) is 2. The highest BCUT2D eigenvalue weighted by Gasteiger charge is 2.24. The molecular weight excluding hydrogens is 412 g/mol. The Morgan fingerprint density at radius 2 is 1.97 bits per heavy atom. The van der Waals surface area contributed by atoms with Crippen LogP contribution in [0.25, 0.3) is 0 Å². The van der Waals surface area contributed by atoms with Crippen molar-refractivity contribution in [3.05, 3.63) is 37.8 Å². The summed E-state index contributed by atoms with van der Waals surface area (Å²) in [6, 6.07) is 0. The lowest BCUT2D eigenvalue weighted by Crippen LogP contribution is -2.42. The number of amides is 1. The van der Waals surface area contributed by atoms with Crippen molar-refractivity contribution in [1.29, 1.82) is 0 Å². The number of carbonyl (C=O) groups is 1. The van der Waals surface area contributed by atoms with Gasteiger partial charge in [-0.2, -0.15) is 5.10 Å². The van der Waals surface area contributed by atoms with Gasteiger partial charge < -0.3 is 15.4 Å². The first-order valence-electron chi connectivity index (χ1n) is 11.1. The van der Waals surface area contributed by atoms with E-state index in [1.54, 1.807) is 0 Å². The van der Waals surface area contributed by atoms with Gasteiger partial charge in [-0.25, -0.2) is 4.79 Å². The maximum Gasteiger partial charge on any atom is 0.330 e. The summed E-state index contributed by atoms with van der Waals surface area (Å²) in [6.45, 7) is 11.6. The van der Waals surface area contributed by atoms with Crippen LogP contribution in [-0.2, 0) is 29.0 Å². The van der Waals surface area contributed by atoms with E-state index in [-0.39, 0.29) is 37.0 Å². The van der Waals surface area contributed by atoms with Gasteiger partial charge in [-0.3, -0.25) is 23.8 Å². The molecule has 2 aromatic heterocycles. The van der Waals surface area contributed by atoms with Crippen molar-refractivity contribution < 1.29 is 9.53 Å². The average Bonchev–Trinajstić information content (AvgIpc) is 2.97. The van der Waals surface area contributed by atoms with Crippen LogP contribution in [-0.4, -0.2) is 45.5 Å². The SMILES string of the molecule is CCCn1c(N)c(N(CCOC)C(=O)CCc2c(C)nn(CC(C)C)c2C)c(=O)[nH]c1=O. The van der Waals surface area contributed by atoms with Crippen LogP contribution >= 0.6 is 0 Å². The van der Waals surface area contributed by atoms with Gasteiger partial charge in [-0.1, -0.05) is 20.8 Å². The summed E-state index contributed by atoms with van der Waals surface area (Å²) in [5, 5.41) is 4.61. The standard InChI is InChI=1S/C22H36N6O4/c1-7-10-27-20(23)19(21(30)24-22(27)31)26(11-12-32-6)18(29)9-8-17-15(4)25-28(16(17)5)13-14(2)3/h14H,7-13,23H2,1-6H3,(H,24,30,31). The van der Waals surface area contributed by atoms with E-state index >= 15 is 0 Å². The van der Waals surface area contributed by atoms with Gasteiger partial charge in [-0.15, -0.1) is 0 Å². The lowest BCUT2D eigenvalue weighted by molar-refractivity contribution is -0.118. The molecule has 0 atom stereocenters. The van der Waals surface area contributed by atoms with Crippen molar-refractivity contribution in [1.82, 2.24) is 19.3 Å². The molecule has 0 fully saturated rings. The number of nitrogens with zero attached hydrogens (tertiary/aromatic N) is 4. The molecule has 32 heavy (non-hydrogen) atoms. The summed E-state index contributed by atoms with van der Waals surface area (Å²) in [5.41, 5.74) is 7.88. The van der Waals surface area contributed by atoms with E-state index in [1.165, 1.54) is 16.6 Å². The fourth-order valence-electron chi connectivity index (χ4n) is 3.81. The highest BCUT2D eigenvalue weighted by Crippen LogP contribution is 2.21. The maximum absolute atomic E-state index is 13.2. The summed E-state index contributed by atoms with van der Waals surface area (Å²) in [7, 11) is 1.52. The molecule has 1 amide bonds. The quantitative estimate of drug-likeness (QED) is 0.537. The molecule has 0 aliphatic carbocycles. The molecule has 0 radical (unpaired) electrons. The molecule has 0 aliphatic rings. The van der Waals surface area contributed by atoms with Crippen molar-refractivity contribution in [3.63, 3.8) is 0 Å². The number of methoxy groups -OCH3 is 1. The molecule has 10 nitrogen and oxygen atoms in total. The fourth-order valence-corrected chi connectivity index (χ4v) is 3.81. The summed E-state index contributed by atoms with van der Waals surface area (Å²) in [5.74, 6) is 0.180. The van der Waals surface area contributed by atoms with Crippen molar-refractivity contribution in [2.75, 3.05) is 30.9 Å². The molecule has 0 aliphatic heterocycles. The Hall–Kier alpha value is -2.88. The fraction of sp³-hybridized carbons (Fsp3) is 0.636. The van der Waals surface area contributed by atoms with Crippen LogP contribution in [0.3, 0.4) is 0 Å². The highest BCUT2D eigenvalue weighted by molar-refractivity contribution is 5.95. The van der Waals surface area contributed by atoms with Gasteiger partial charge in [0, 0.05) is 38.9 Å². The molecule has 0 saturated carbocycles. The maximum atomic E-state index is 13.2. The van der Waals surface area contributed by atoms with E-state index in [0.717, 1.165) is 23.5 Å². The number of nitrogens with one attached hydrogen (secondary N) is 1. The Kier molecular flexibility index (Phi) is 8.82. The van der Waals surface area contributed by atoms with Crippen molar-refractivity contribution in [3.8, 4) is 0 Å². The summed E-state index contributed by atoms with van der Waals surface area (Å²) < 4.78 is 8.40. The Bertz CT molecular complexity index is 1050. The van der Waals surface area contributed by atoms with Gasteiger partial charge in [0.05, 0.1) is 12.3 Å². The first-order chi connectivity index (χ1) is 15.1. The topological polar surface area (TPSA) is 128 Å². The highest BCUT2D eigenvalue weighted by atomic mass is 16.5. The van der Waals surface area contributed by atoms with E-state index < -0.39 is 11.2 Å². The third-order valence-corrected chi connectivity index (χ3v) is 5.41. The predicted molar refractivity (Wildman–Crippen MR) is 125 cm³/mol. The van der Waals surface area contributed by atoms with Gasteiger partial charge in [0.25, 0.3) is 5.56 Å². The summed E-state index contributed by atoms with van der Waals surface area (Å²) >= 11 is 0. The van der Waals surface area contributed by atoms with Crippen LogP contribution in [0.15, 0.2) is 9.59 Å². The molecule has 0 spiro atoms. The molecule has 2 heterocycles.